The summed E-state index contributed by atoms with van der Waals surface area (Å²) in [6, 6.07) is 7.78. The first-order valence-electron chi connectivity index (χ1n) is 9.17. The monoisotopic (exact) mass is 345 g/mol. The van der Waals surface area contributed by atoms with Gasteiger partial charge in [0.25, 0.3) is 0 Å². The summed E-state index contributed by atoms with van der Waals surface area (Å²) in [5.74, 6) is 2.48. The molecule has 0 aliphatic carbocycles. The van der Waals surface area contributed by atoms with Crippen molar-refractivity contribution in [3.05, 3.63) is 30.2 Å². The van der Waals surface area contributed by atoms with Gasteiger partial charge in [-0.25, -0.2) is 0 Å². The lowest BCUT2D eigenvalue weighted by Crippen LogP contribution is -2.34. The first-order valence-corrected chi connectivity index (χ1v) is 9.17. The number of piperidine rings is 1. The SMILES string of the molecule is CCCCOc1ccc(-c2nnc(CN3CCC(CO)CC3)o2)cc1. The van der Waals surface area contributed by atoms with Gasteiger partial charge >= 0.3 is 0 Å². The van der Waals surface area contributed by atoms with Crippen molar-refractivity contribution in [3.8, 4) is 17.2 Å². The molecule has 1 saturated heterocycles. The second-order valence-corrected chi connectivity index (χ2v) is 6.63. The Morgan fingerprint density at radius 3 is 2.64 bits per heavy atom. The Bertz CT molecular complexity index is 634. The third kappa shape index (κ3) is 5.03. The Labute approximate surface area is 148 Å². The number of benzene rings is 1. The van der Waals surface area contributed by atoms with Gasteiger partial charge in [-0.1, -0.05) is 13.3 Å². The van der Waals surface area contributed by atoms with Crippen LogP contribution in [0, 0.1) is 5.92 Å². The van der Waals surface area contributed by atoms with E-state index in [-0.39, 0.29) is 6.61 Å². The van der Waals surface area contributed by atoms with Gasteiger partial charge in [-0.3, -0.25) is 4.90 Å². The minimum absolute atomic E-state index is 0.288. The number of aliphatic hydroxyl groups is 1. The summed E-state index contributed by atoms with van der Waals surface area (Å²) in [6.45, 7) is 5.78. The molecule has 0 bridgehead atoms. The molecule has 1 aliphatic rings. The summed E-state index contributed by atoms with van der Waals surface area (Å²) in [5.41, 5.74) is 0.903. The molecule has 6 heteroatoms. The van der Waals surface area contributed by atoms with Gasteiger partial charge in [0.15, 0.2) is 0 Å². The summed E-state index contributed by atoms with van der Waals surface area (Å²) in [7, 11) is 0. The van der Waals surface area contributed by atoms with Gasteiger partial charge in [0.1, 0.15) is 5.75 Å². The standard InChI is InChI=1S/C19H27N3O3/c1-2-3-12-24-17-6-4-16(5-7-17)19-21-20-18(25-19)13-22-10-8-15(14-23)9-11-22/h4-7,15,23H,2-3,8-14H2,1H3. The van der Waals surface area contributed by atoms with Gasteiger partial charge in [-0.05, 0) is 62.5 Å². The Morgan fingerprint density at radius 2 is 1.96 bits per heavy atom. The van der Waals surface area contributed by atoms with Gasteiger partial charge in [-0.2, -0.15) is 0 Å². The highest BCUT2D eigenvalue weighted by molar-refractivity contribution is 5.53. The van der Waals surface area contributed by atoms with Gasteiger partial charge in [0.2, 0.25) is 11.8 Å². The number of aromatic nitrogens is 2. The van der Waals surface area contributed by atoms with Gasteiger partial charge < -0.3 is 14.3 Å². The molecule has 0 radical (unpaired) electrons. The van der Waals surface area contributed by atoms with Crippen LogP contribution < -0.4 is 4.74 Å². The molecule has 0 amide bonds. The Balaban J connectivity index is 1.54. The molecule has 1 aromatic carbocycles. The third-order valence-electron chi connectivity index (χ3n) is 4.66. The molecule has 3 rings (SSSR count). The minimum Gasteiger partial charge on any atom is -0.494 e. The number of aliphatic hydroxyl groups excluding tert-OH is 1. The first-order chi connectivity index (χ1) is 12.3. The van der Waals surface area contributed by atoms with Crippen LogP contribution >= 0.6 is 0 Å². The summed E-state index contributed by atoms with van der Waals surface area (Å²) >= 11 is 0. The van der Waals surface area contributed by atoms with E-state index in [1.807, 2.05) is 24.3 Å². The third-order valence-corrected chi connectivity index (χ3v) is 4.66. The van der Waals surface area contributed by atoms with Crippen LogP contribution in [0.4, 0.5) is 0 Å². The smallest absolute Gasteiger partial charge is 0.247 e. The average molecular weight is 345 g/mol. The highest BCUT2D eigenvalue weighted by Gasteiger charge is 2.20. The van der Waals surface area contributed by atoms with Crippen LogP contribution in [0.25, 0.3) is 11.5 Å². The van der Waals surface area contributed by atoms with Crippen molar-refractivity contribution in [2.75, 3.05) is 26.3 Å². The van der Waals surface area contributed by atoms with Crippen LogP contribution in [-0.2, 0) is 6.54 Å². The molecule has 1 aliphatic heterocycles. The molecule has 0 spiro atoms. The van der Waals surface area contributed by atoms with E-state index in [4.69, 9.17) is 9.15 Å². The fourth-order valence-corrected chi connectivity index (χ4v) is 2.98. The quantitative estimate of drug-likeness (QED) is 0.741. The van der Waals surface area contributed by atoms with E-state index in [1.165, 1.54) is 0 Å². The summed E-state index contributed by atoms with van der Waals surface area (Å²) in [4.78, 5) is 2.30. The number of ether oxygens (including phenoxy) is 1. The van der Waals surface area contributed by atoms with E-state index in [0.29, 0.717) is 24.2 Å². The van der Waals surface area contributed by atoms with Gasteiger partial charge in [-0.15, -0.1) is 10.2 Å². The molecular weight excluding hydrogens is 318 g/mol. The van der Waals surface area contributed by atoms with Crippen molar-refractivity contribution in [1.82, 2.24) is 15.1 Å². The predicted octanol–water partition coefficient (Wildman–Crippen LogP) is 3.12. The van der Waals surface area contributed by atoms with Crippen LogP contribution in [0.2, 0.25) is 0 Å². The largest absolute Gasteiger partial charge is 0.494 e. The number of likely N-dealkylation sites (tertiary alicyclic amines) is 1. The van der Waals surface area contributed by atoms with Crippen molar-refractivity contribution in [2.24, 2.45) is 5.92 Å². The Morgan fingerprint density at radius 1 is 1.20 bits per heavy atom. The van der Waals surface area contributed by atoms with Crippen molar-refractivity contribution < 1.29 is 14.3 Å². The van der Waals surface area contributed by atoms with Crippen molar-refractivity contribution >= 4 is 0 Å². The number of nitrogens with zero attached hydrogens (tertiary/aromatic N) is 3. The molecule has 2 heterocycles. The van der Waals surface area contributed by atoms with E-state index in [1.54, 1.807) is 0 Å². The number of hydrogen-bond donors (Lipinski definition) is 1. The van der Waals surface area contributed by atoms with Crippen LogP contribution in [0.15, 0.2) is 28.7 Å². The zero-order chi connectivity index (χ0) is 17.5. The summed E-state index contributed by atoms with van der Waals surface area (Å²) < 4.78 is 11.5. The molecule has 0 saturated carbocycles. The normalized spacial score (nSPS) is 16.2. The maximum Gasteiger partial charge on any atom is 0.247 e. The first kappa shape index (κ1) is 17.9. The van der Waals surface area contributed by atoms with Crippen LogP contribution in [0.3, 0.4) is 0 Å². The fraction of sp³-hybridized carbons (Fsp3) is 0.579. The summed E-state index contributed by atoms with van der Waals surface area (Å²) in [5, 5.41) is 17.5. The molecule has 0 unspecified atom stereocenters. The zero-order valence-corrected chi connectivity index (χ0v) is 14.9. The topological polar surface area (TPSA) is 71.6 Å². The zero-order valence-electron chi connectivity index (χ0n) is 14.9. The van der Waals surface area contributed by atoms with Crippen LogP contribution in [0.5, 0.6) is 5.75 Å². The molecule has 136 valence electrons. The second-order valence-electron chi connectivity index (χ2n) is 6.63. The van der Waals surface area contributed by atoms with E-state index in [2.05, 4.69) is 22.0 Å². The number of rotatable bonds is 8. The highest BCUT2D eigenvalue weighted by atomic mass is 16.5. The molecule has 25 heavy (non-hydrogen) atoms. The van der Waals surface area contributed by atoms with E-state index >= 15 is 0 Å². The van der Waals surface area contributed by atoms with E-state index < -0.39 is 0 Å². The molecule has 1 N–H and O–H groups in total. The lowest BCUT2D eigenvalue weighted by Gasteiger charge is -2.29. The minimum atomic E-state index is 0.288. The van der Waals surface area contributed by atoms with Gasteiger partial charge in [0.05, 0.1) is 13.2 Å². The average Bonchev–Trinajstić information content (AvgIpc) is 3.12. The van der Waals surface area contributed by atoms with Crippen LogP contribution in [-0.4, -0.2) is 46.5 Å². The van der Waals surface area contributed by atoms with E-state index in [9.17, 15) is 5.11 Å². The molecular formula is C19H27N3O3. The lowest BCUT2D eigenvalue weighted by molar-refractivity contribution is 0.121. The Hall–Kier alpha value is -1.92. The second kappa shape index (κ2) is 8.97. The molecule has 2 aromatic rings. The molecule has 0 atom stereocenters. The maximum atomic E-state index is 9.21. The van der Waals surface area contributed by atoms with Gasteiger partial charge in [0, 0.05) is 12.2 Å². The predicted molar refractivity (Wildman–Crippen MR) is 95.2 cm³/mol. The van der Waals surface area contributed by atoms with Crippen molar-refractivity contribution in [3.63, 3.8) is 0 Å². The maximum absolute atomic E-state index is 9.21. The van der Waals surface area contributed by atoms with Crippen molar-refractivity contribution in [1.29, 1.82) is 0 Å². The fourth-order valence-electron chi connectivity index (χ4n) is 2.98. The van der Waals surface area contributed by atoms with Crippen LogP contribution in [0.1, 0.15) is 38.5 Å². The van der Waals surface area contributed by atoms with Crippen molar-refractivity contribution in [2.45, 2.75) is 39.2 Å². The van der Waals surface area contributed by atoms with E-state index in [0.717, 1.165) is 56.7 Å². The summed E-state index contributed by atoms with van der Waals surface area (Å²) in [6.07, 6.45) is 4.23. The molecule has 6 nitrogen and oxygen atoms in total. The molecule has 1 aromatic heterocycles. The Kier molecular flexibility index (Phi) is 6.42. The number of unbranched alkanes of at least 4 members (excludes halogenated alkanes) is 1. The lowest BCUT2D eigenvalue weighted by atomic mass is 9.98. The highest BCUT2D eigenvalue weighted by Crippen LogP contribution is 2.23. The number of hydrogen-bond acceptors (Lipinski definition) is 6. The molecule has 1 fully saturated rings.